The standard InChI is InChI=1S/C16H23N3S/c1-16(2,15-6-4-8-20-15)11-19-12-18-10-14(19)13-5-3-7-17-9-13/h4,6,8,10,12-13,17H,3,5,7,9,11H2,1-2H3. The molecule has 0 bridgehead atoms. The van der Waals surface area contributed by atoms with Gasteiger partial charge in [-0.25, -0.2) is 4.98 Å². The third-order valence-corrected chi connectivity index (χ3v) is 5.45. The van der Waals surface area contributed by atoms with Gasteiger partial charge in [-0.1, -0.05) is 19.9 Å². The van der Waals surface area contributed by atoms with Crippen LogP contribution in [0, 0.1) is 0 Å². The van der Waals surface area contributed by atoms with Gasteiger partial charge in [-0.05, 0) is 30.8 Å². The van der Waals surface area contributed by atoms with Crippen molar-refractivity contribution in [1.82, 2.24) is 14.9 Å². The average Bonchev–Trinajstić information content (AvgIpc) is 3.10. The van der Waals surface area contributed by atoms with E-state index in [1.807, 2.05) is 17.7 Å². The Bertz CT molecular complexity index is 536. The minimum absolute atomic E-state index is 0.158. The zero-order chi connectivity index (χ0) is 14.0. The van der Waals surface area contributed by atoms with E-state index in [1.165, 1.54) is 23.4 Å². The summed E-state index contributed by atoms with van der Waals surface area (Å²) in [6.07, 6.45) is 6.60. The molecule has 0 aromatic carbocycles. The van der Waals surface area contributed by atoms with E-state index in [0.717, 1.165) is 19.6 Å². The van der Waals surface area contributed by atoms with Crippen LogP contribution in [0.25, 0.3) is 0 Å². The Labute approximate surface area is 125 Å². The number of hydrogen-bond acceptors (Lipinski definition) is 3. The first-order chi connectivity index (χ1) is 9.67. The van der Waals surface area contributed by atoms with Gasteiger partial charge in [0.05, 0.1) is 6.33 Å². The number of hydrogen-bond donors (Lipinski definition) is 1. The van der Waals surface area contributed by atoms with E-state index >= 15 is 0 Å². The lowest BCUT2D eigenvalue weighted by Gasteiger charge is -2.28. The Morgan fingerprint density at radius 3 is 3.10 bits per heavy atom. The molecule has 1 unspecified atom stereocenters. The maximum absolute atomic E-state index is 4.40. The normalized spacial score (nSPS) is 20.2. The Morgan fingerprint density at radius 1 is 1.50 bits per heavy atom. The number of rotatable bonds is 4. The molecule has 4 heteroatoms. The molecular weight excluding hydrogens is 266 g/mol. The van der Waals surface area contributed by atoms with Crippen molar-refractivity contribution >= 4 is 11.3 Å². The monoisotopic (exact) mass is 289 g/mol. The fourth-order valence-corrected chi connectivity index (χ4v) is 3.92. The molecule has 2 aromatic rings. The number of nitrogens with zero attached hydrogens (tertiary/aromatic N) is 2. The fraction of sp³-hybridized carbons (Fsp3) is 0.562. The molecule has 1 aliphatic heterocycles. The van der Waals surface area contributed by atoms with Crippen molar-refractivity contribution in [3.63, 3.8) is 0 Å². The summed E-state index contributed by atoms with van der Waals surface area (Å²) in [4.78, 5) is 5.84. The summed E-state index contributed by atoms with van der Waals surface area (Å²) in [6, 6.07) is 4.38. The van der Waals surface area contributed by atoms with Crippen LogP contribution in [0.1, 0.15) is 43.2 Å². The molecule has 1 saturated heterocycles. The summed E-state index contributed by atoms with van der Waals surface area (Å²) < 4.78 is 2.36. The van der Waals surface area contributed by atoms with E-state index in [9.17, 15) is 0 Å². The third-order valence-electron chi connectivity index (χ3n) is 4.21. The first kappa shape index (κ1) is 13.8. The Morgan fingerprint density at radius 2 is 2.40 bits per heavy atom. The van der Waals surface area contributed by atoms with Crippen LogP contribution >= 0.6 is 11.3 Å². The Balaban J connectivity index is 1.79. The van der Waals surface area contributed by atoms with Gasteiger partial charge in [-0.15, -0.1) is 11.3 Å². The van der Waals surface area contributed by atoms with Gasteiger partial charge >= 0.3 is 0 Å². The summed E-state index contributed by atoms with van der Waals surface area (Å²) in [5, 5.41) is 5.67. The molecule has 108 valence electrons. The van der Waals surface area contributed by atoms with Crippen LogP contribution in [0.5, 0.6) is 0 Å². The fourth-order valence-electron chi connectivity index (χ4n) is 3.07. The van der Waals surface area contributed by atoms with Crippen LogP contribution in [0.15, 0.2) is 30.0 Å². The topological polar surface area (TPSA) is 29.9 Å². The van der Waals surface area contributed by atoms with E-state index < -0.39 is 0 Å². The zero-order valence-corrected chi connectivity index (χ0v) is 13.1. The van der Waals surface area contributed by atoms with Crippen LogP contribution in [-0.2, 0) is 12.0 Å². The van der Waals surface area contributed by atoms with Crippen molar-refractivity contribution in [1.29, 1.82) is 0 Å². The second kappa shape index (κ2) is 5.70. The van der Waals surface area contributed by atoms with Gasteiger partial charge in [-0.3, -0.25) is 0 Å². The molecule has 1 fully saturated rings. The van der Waals surface area contributed by atoms with Gasteiger partial charge < -0.3 is 9.88 Å². The minimum atomic E-state index is 0.158. The molecule has 0 radical (unpaired) electrons. The van der Waals surface area contributed by atoms with Gasteiger partial charge in [0.25, 0.3) is 0 Å². The molecule has 0 amide bonds. The molecule has 1 atom stereocenters. The molecule has 3 rings (SSSR count). The van der Waals surface area contributed by atoms with Crippen LogP contribution in [0.4, 0.5) is 0 Å². The second-order valence-corrected chi connectivity index (χ2v) is 7.30. The lowest BCUT2D eigenvalue weighted by Crippen LogP contribution is -2.31. The maximum atomic E-state index is 4.40. The van der Waals surface area contributed by atoms with Crippen LogP contribution < -0.4 is 5.32 Å². The van der Waals surface area contributed by atoms with Crippen molar-refractivity contribution in [3.05, 3.63) is 40.6 Å². The highest BCUT2D eigenvalue weighted by molar-refractivity contribution is 7.10. The van der Waals surface area contributed by atoms with Crippen LogP contribution in [-0.4, -0.2) is 22.6 Å². The summed E-state index contributed by atoms with van der Waals surface area (Å²) in [5.74, 6) is 0.616. The number of nitrogens with one attached hydrogen (secondary N) is 1. The molecule has 3 nitrogen and oxygen atoms in total. The molecule has 1 N–H and O–H groups in total. The lowest BCUT2D eigenvalue weighted by molar-refractivity contribution is 0.400. The van der Waals surface area contributed by atoms with Gasteiger partial charge in [0.1, 0.15) is 0 Å². The Hall–Kier alpha value is -1.13. The molecule has 0 saturated carbocycles. The van der Waals surface area contributed by atoms with Gasteiger partial charge in [0.15, 0.2) is 0 Å². The SMILES string of the molecule is CC(C)(Cn1cncc1C1CCCNC1)c1cccs1. The van der Waals surface area contributed by atoms with Gasteiger partial charge in [0, 0.05) is 41.2 Å². The van der Waals surface area contributed by atoms with Gasteiger partial charge in [-0.2, -0.15) is 0 Å². The largest absolute Gasteiger partial charge is 0.333 e. The molecule has 0 spiro atoms. The lowest BCUT2D eigenvalue weighted by atomic mass is 9.90. The number of thiophene rings is 1. The number of imidazole rings is 1. The van der Waals surface area contributed by atoms with E-state index in [0.29, 0.717) is 5.92 Å². The van der Waals surface area contributed by atoms with Crippen LogP contribution in [0.3, 0.4) is 0 Å². The van der Waals surface area contributed by atoms with E-state index in [-0.39, 0.29) is 5.41 Å². The van der Waals surface area contributed by atoms with Crippen molar-refractivity contribution in [2.24, 2.45) is 0 Å². The van der Waals surface area contributed by atoms with Crippen molar-refractivity contribution in [2.45, 2.75) is 44.6 Å². The number of aromatic nitrogens is 2. The smallest absolute Gasteiger partial charge is 0.0948 e. The third kappa shape index (κ3) is 2.81. The molecule has 20 heavy (non-hydrogen) atoms. The number of piperidine rings is 1. The highest BCUT2D eigenvalue weighted by Crippen LogP contribution is 2.31. The maximum Gasteiger partial charge on any atom is 0.0948 e. The van der Waals surface area contributed by atoms with E-state index in [1.54, 1.807) is 0 Å². The summed E-state index contributed by atoms with van der Waals surface area (Å²) in [5.41, 5.74) is 1.55. The Kier molecular flexibility index (Phi) is 3.94. The van der Waals surface area contributed by atoms with Gasteiger partial charge in [0.2, 0.25) is 0 Å². The van der Waals surface area contributed by atoms with Crippen molar-refractivity contribution in [3.8, 4) is 0 Å². The summed E-state index contributed by atoms with van der Waals surface area (Å²) in [6.45, 7) is 7.89. The quantitative estimate of drug-likeness (QED) is 0.935. The van der Waals surface area contributed by atoms with Crippen molar-refractivity contribution in [2.75, 3.05) is 13.1 Å². The predicted octanol–water partition coefficient (Wildman–Crippen LogP) is 3.39. The zero-order valence-electron chi connectivity index (χ0n) is 12.3. The van der Waals surface area contributed by atoms with Crippen LogP contribution in [0.2, 0.25) is 0 Å². The summed E-state index contributed by atoms with van der Waals surface area (Å²) in [7, 11) is 0. The average molecular weight is 289 g/mol. The molecule has 3 heterocycles. The molecule has 1 aliphatic rings. The van der Waals surface area contributed by atoms with E-state index in [4.69, 9.17) is 0 Å². The molecule has 0 aliphatic carbocycles. The molecule has 2 aromatic heterocycles. The minimum Gasteiger partial charge on any atom is -0.333 e. The first-order valence-corrected chi connectivity index (χ1v) is 8.29. The second-order valence-electron chi connectivity index (χ2n) is 6.35. The summed E-state index contributed by atoms with van der Waals surface area (Å²) >= 11 is 1.85. The predicted molar refractivity (Wildman–Crippen MR) is 84.4 cm³/mol. The highest BCUT2D eigenvalue weighted by Gasteiger charge is 2.25. The first-order valence-electron chi connectivity index (χ1n) is 7.41. The van der Waals surface area contributed by atoms with E-state index in [2.05, 4.69) is 52.4 Å². The molecular formula is C16H23N3S. The van der Waals surface area contributed by atoms with Crippen molar-refractivity contribution < 1.29 is 0 Å². The highest BCUT2D eigenvalue weighted by atomic mass is 32.1.